The maximum atomic E-state index is 12.7. The quantitative estimate of drug-likeness (QED) is 0.581. The van der Waals surface area contributed by atoms with Crippen LogP contribution in [0.2, 0.25) is 0 Å². The number of carbonyl (C=O) groups is 1. The lowest BCUT2D eigenvalue weighted by Gasteiger charge is -2.06. The Balaban J connectivity index is 1.71. The molecule has 1 amide bonds. The number of carbonyl (C=O) groups excluding carboxylic acids is 1. The van der Waals surface area contributed by atoms with Gasteiger partial charge < -0.3 is 9.88 Å². The van der Waals surface area contributed by atoms with Crippen molar-refractivity contribution < 1.29 is 4.79 Å². The monoisotopic (exact) mass is 362 g/mol. The molecule has 0 saturated heterocycles. The molecule has 0 bridgehead atoms. The maximum absolute atomic E-state index is 12.7. The van der Waals surface area contributed by atoms with Gasteiger partial charge >= 0.3 is 0 Å². The first-order valence-corrected chi connectivity index (χ1v) is 9.11. The minimum Gasteiger partial charge on any atom is -0.335 e. The van der Waals surface area contributed by atoms with E-state index in [0.717, 1.165) is 38.5 Å². The largest absolute Gasteiger partial charge is 0.335 e. The van der Waals surface area contributed by atoms with Crippen molar-refractivity contribution in [2.75, 3.05) is 5.32 Å². The normalized spacial score (nSPS) is 11.0. The van der Waals surface area contributed by atoms with Crippen molar-refractivity contribution in [3.8, 4) is 10.6 Å². The topological polar surface area (TPSA) is 59.8 Å². The maximum Gasteiger partial charge on any atom is 0.267 e. The van der Waals surface area contributed by atoms with E-state index in [0.29, 0.717) is 4.88 Å². The predicted molar refractivity (Wildman–Crippen MR) is 106 cm³/mol. The van der Waals surface area contributed by atoms with Crippen LogP contribution in [0.3, 0.4) is 0 Å². The Labute approximate surface area is 155 Å². The fraction of sp³-hybridized carbons (Fsp3) is 0.150. The third kappa shape index (κ3) is 2.78. The zero-order chi connectivity index (χ0) is 18.3. The summed E-state index contributed by atoms with van der Waals surface area (Å²) in [6, 6.07) is 11.7. The summed E-state index contributed by atoms with van der Waals surface area (Å²) in [4.78, 5) is 22.4. The molecule has 0 spiro atoms. The fourth-order valence-corrected chi connectivity index (χ4v) is 3.98. The van der Waals surface area contributed by atoms with Gasteiger partial charge in [0.15, 0.2) is 0 Å². The fourth-order valence-electron chi connectivity index (χ4n) is 3.00. The third-order valence-electron chi connectivity index (χ3n) is 4.36. The molecule has 0 aliphatic heterocycles. The van der Waals surface area contributed by atoms with E-state index in [-0.39, 0.29) is 5.91 Å². The number of pyridine rings is 1. The second-order valence-corrected chi connectivity index (χ2v) is 7.23. The Morgan fingerprint density at radius 3 is 2.77 bits per heavy atom. The molecule has 0 aliphatic carbocycles. The van der Waals surface area contributed by atoms with Crippen LogP contribution in [0.4, 0.5) is 5.69 Å². The molecule has 26 heavy (non-hydrogen) atoms. The minimum absolute atomic E-state index is 0.126. The smallest absolute Gasteiger partial charge is 0.267 e. The minimum atomic E-state index is -0.126. The number of fused-ring (bicyclic) bond motifs is 1. The van der Waals surface area contributed by atoms with E-state index in [1.807, 2.05) is 68.1 Å². The van der Waals surface area contributed by atoms with Crippen LogP contribution < -0.4 is 5.32 Å². The predicted octanol–water partition coefficient (Wildman–Crippen LogP) is 4.57. The van der Waals surface area contributed by atoms with Crippen molar-refractivity contribution in [1.82, 2.24) is 14.5 Å². The first-order chi connectivity index (χ1) is 12.5. The van der Waals surface area contributed by atoms with Crippen LogP contribution in [0.15, 0.2) is 48.8 Å². The Kier molecular flexibility index (Phi) is 4.05. The molecule has 130 valence electrons. The Morgan fingerprint density at radius 1 is 1.15 bits per heavy atom. The lowest BCUT2D eigenvalue weighted by atomic mass is 10.2. The molecule has 1 N–H and O–H groups in total. The summed E-state index contributed by atoms with van der Waals surface area (Å²) in [6.45, 7) is 3.85. The molecule has 4 aromatic rings. The number of benzene rings is 1. The number of para-hydroxylation sites is 1. The molecule has 0 fully saturated rings. The van der Waals surface area contributed by atoms with Crippen LogP contribution >= 0.6 is 11.3 Å². The highest BCUT2D eigenvalue weighted by molar-refractivity contribution is 7.17. The summed E-state index contributed by atoms with van der Waals surface area (Å²) in [5.74, 6) is -0.126. The third-order valence-corrected chi connectivity index (χ3v) is 5.55. The molecule has 0 unspecified atom stereocenters. The number of amides is 1. The summed E-state index contributed by atoms with van der Waals surface area (Å²) >= 11 is 1.41. The summed E-state index contributed by atoms with van der Waals surface area (Å²) in [5.41, 5.74) is 4.49. The highest BCUT2D eigenvalue weighted by atomic mass is 32.1. The molecular formula is C20H18N4OS. The lowest BCUT2D eigenvalue weighted by molar-refractivity contribution is 0.102. The molecule has 0 aliphatic rings. The molecule has 1 aromatic carbocycles. The number of aryl methyl sites for hydroxylation is 3. The number of rotatable bonds is 3. The highest BCUT2D eigenvalue weighted by Crippen LogP contribution is 2.34. The summed E-state index contributed by atoms with van der Waals surface area (Å²) in [6.07, 6.45) is 3.79. The van der Waals surface area contributed by atoms with Gasteiger partial charge in [0.25, 0.3) is 5.91 Å². The van der Waals surface area contributed by atoms with Gasteiger partial charge in [-0.1, -0.05) is 18.2 Å². The van der Waals surface area contributed by atoms with Gasteiger partial charge in [-0.05, 0) is 37.6 Å². The molecule has 0 saturated carbocycles. The average molecular weight is 362 g/mol. The highest BCUT2D eigenvalue weighted by Gasteiger charge is 2.19. The van der Waals surface area contributed by atoms with Crippen molar-refractivity contribution in [3.05, 3.63) is 64.9 Å². The zero-order valence-corrected chi connectivity index (χ0v) is 15.6. The van der Waals surface area contributed by atoms with Crippen LogP contribution in [0.1, 0.15) is 20.9 Å². The van der Waals surface area contributed by atoms with Gasteiger partial charge in [0, 0.05) is 36.1 Å². The van der Waals surface area contributed by atoms with Gasteiger partial charge in [0.1, 0.15) is 15.5 Å². The van der Waals surface area contributed by atoms with Gasteiger partial charge in [-0.15, -0.1) is 11.3 Å². The van der Waals surface area contributed by atoms with E-state index in [2.05, 4.69) is 15.3 Å². The molecule has 0 atom stereocenters. The Morgan fingerprint density at radius 2 is 1.96 bits per heavy atom. The molecule has 3 aromatic heterocycles. The zero-order valence-electron chi connectivity index (χ0n) is 14.8. The molecule has 3 heterocycles. The Bertz CT molecular complexity index is 1130. The van der Waals surface area contributed by atoms with Crippen LogP contribution in [-0.4, -0.2) is 20.4 Å². The molecule has 0 radical (unpaired) electrons. The second-order valence-electron chi connectivity index (χ2n) is 6.23. The van der Waals surface area contributed by atoms with Gasteiger partial charge in [0.05, 0.1) is 5.69 Å². The number of thiazole rings is 1. The number of nitrogens with zero attached hydrogens (tertiary/aromatic N) is 3. The number of hydrogen-bond acceptors (Lipinski definition) is 4. The summed E-state index contributed by atoms with van der Waals surface area (Å²) in [5, 5.41) is 4.85. The van der Waals surface area contributed by atoms with Gasteiger partial charge in [0.2, 0.25) is 0 Å². The van der Waals surface area contributed by atoms with Gasteiger partial charge in [-0.2, -0.15) is 0 Å². The van der Waals surface area contributed by atoms with E-state index < -0.39 is 0 Å². The van der Waals surface area contributed by atoms with Crippen molar-refractivity contribution in [1.29, 1.82) is 0 Å². The van der Waals surface area contributed by atoms with E-state index in [9.17, 15) is 4.79 Å². The van der Waals surface area contributed by atoms with Gasteiger partial charge in [-0.3, -0.25) is 4.79 Å². The molecule has 4 rings (SSSR count). The van der Waals surface area contributed by atoms with Crippen LogP contribution in [0.25, 0.3) is 21.6 Å². The SMILES string of the molecule is Cc1ccccc1NC(=O)c1sc(-c2cn(C)c3ncccc23)nc1C. The van der Waals surface area contributed by atoms with Crippen molar-refractivity contribution >= 4 is 34.0 Å². The van der Waals surface area contributed by atoms with Crippen molar-refractivity contribution in [3.63, 3.8) is 0 Å². The van der Waals surface area contributed by atoms with Gasteiger partial charge in [-0.25, -0.2) is 9.97 Å². The van der Waals surface area contributed by atoms with Crippen LogP contribution in [-0.2, 0) is 7.05 Å². The molecule has 5 nitrogen and oxygen atoms in total. The van der Waals surface area contributed by atoms with Crippen molar-refractivity contribution in [2.24, 2.45) is 7.05 Å². The number of aromatic nitrogens is 3. The molecule has 6 heteroatoms. The second kappa shape index (κ2) is 6.38. The van der Waals surface area contributed by atoms with Crippen LogP contribution in [0.5, 0.6) is 0 Å². The van der Waals surface area contributed by atoms with E-state index >= 15 is 0 Å². The number of hydrogen-bond donors (Lipinski definition) is 1. The Hall–Kier alpha value is -2.99. The summed E-state index contributed by atoms with van der Waals surface area (Å²) < 4.78 is 1.98. The van der Waals surface area contributed by atoms with Crippen molar-refractivity contribution in [2.45, 2.75) is 13.8 Å². The first-order valence-electron chi connectivity index (χ1n) is 8.29. The van der Waals surface area contributed by atoms with E-state index in [1.54, 1.807) is 6.20 Å². The summed E-state index contributed by atoms with van der Waals surface area (Å²) in [7, 11) is 1.96. The number of anilines is 1. The van der Waals surface area contributed by atoms with Crippen LogP contribution in [0, 0.1) is 13.8 Å². The lowest BCUT2D eigenvalue weighted by Crippen LogP contribution is -2.12. The first kappa shape index (κ1) is 16.5. The van der Waals surface area contributed by atoms with E-state index in [1.165, 1.54) is 11.3 Å². The average Bonchev–Trinajstić information content (AvgIpc) is 3.18. The van der Waals surface area contributed by atoms with E-state index in [4.69, 9.17) is 0 Å². The number of nitrogens with one attached hydrogen (secondary N) is 1. The standard InChI is InChI=1S/C20H18N4OS/c1-12-7-4-5-9-16(12)23-19(25)17-13(2)22-20(26-17)15-11-24(3)18-14(15)8-6-10-21-18/h4-11H,1-3H3,(H,23,25). The molecular weight excluding hydrogens is 344 g/mol.